The molecule has 0 aromatic carbocycles. The molecule has 0 aromatic rings. The second kappa shape index (κ2) is 14.2. The molecule has 0 radical (unpaired) electrons. The lowest BCUT2D eigenvalue weighted by Gasteiger charge is -2.17. The van der Waals surface area contributed by atoms with Gasteiger partial charge in [0.15, 0.2) is 0 Å². The van der Waals surface area contributed by atoms with Gasteiger partial charge in [-0.1, -0.05) is 131 Å². The van der Waals surface area contributed by atoms with Crippen LogP contribution in [0.5, 0.6) is 0 Å². The van der Waals surface area contributed by atoms with E-state index in [9.17, 15) is 0 Å². The third-order valence-corrected chi connectivity index (χ3v) is 5.10. The van der Waals surface area contributed by atoms with Crippen molar-refractivity contribution in [2.24, 2.45) is 10.8 Å². The van der Waals surface area contributed by atoms with Crippen LogP contribution in [0.25, 0.3) is 0 Å². The summed E-state index contributed by atoms with van der Waals surface area (Å²) in [5, 5.41) is 0. The van der Waals surface area contributed by atoms with E-state index in [0.29, 0.717) is 10.8 Å². The lowest BCUT2D eigenvalue weighted by Crippen LogP contribution is -2.03. The topological polar surface area (TPSA) is 0 Å². The van der Waals surface area contributed by atoms with Crippen LogP contribution in [0.4, 0.5) is 0 Å². The molecule has 0 saturated heterocycles. The maximum Gasteiger partial charge on any atom is -0.0383 e. The van der Waals surface area contributed by atoms with E-state index >= 15 is 0 Å². The summed E-state index contributed by atoms with van der Waals surface area (Å²) < 4.78 is 0. The van der Waals surface area contributed by atoms with Crippen LogP contribution >= 0.6 is 0 Å². The van der Waals surface area contributed by atoms with Crippen LogP contribution in [0.15, 0.2) is 0 Å². The molecule has 0 unspecified atom stereocenters. The van der Waals surface area contributed by atoms with Crippen LogP contribution in [-0.2, 0) is 0 Å². The predicted molar refractivity (Wildman–Crippen MR) is 113 cm³/mol. The first-order valence-electron chi connectivity index (χ1n) is 11.2. The molecular formula is C24H50. The summed E-state index contributed by atoms with van der Waals surface area (Å²) in [5.74, 6) is 0. The van der Waals surface area contributed by atoms with Crippen molar-refractivity contribution in [2.45, 2.75) is 144 Å². The number of rotatable bonds is 15. The Bertz CT molecular complexity index is 222. The minimum atomic E-state index is 0.534. The molecule has 0 aromatic heterocycles. The minimum absolute atomic E-state index is 0.534. The van der Waals surface area contributed by atoms with Crippen molar-refractivity contribution in [1.82, 2.24) is 0 Å². The molecule has 0 saturated carbocycles. The molecule has 0 nitrogen and oxygen atoms in total. The van der Waals surface area contributed by atoms with Gasteiger partial charge in [0.1, 0.15) is 0 Å². The van der Waals surface area contributed by atoms with E-state index in [0.717, 1.165) is 0 Å². The lowest BCUT2D eigenvalue weighted by atomic mass is 9.89. The summed E-state index contributed by atoms with van der Waals surface area (Å²) in [4.78, 5) is 0. The maximum absolute atomic E-state index is 2.36. The zero-order chi connectivity index (χ0) is 18.3. The van der Waals surface area contributed by atoms with Crippen LogP contribution in [0.2, 0.25) is 0 Å². The van der Waals surface area contributed by atoms with Gasteiger partial charge in [0.2, 0.25) is 0 Å². The smallest absolute Gasteiger partial charge is 0.0383 e. The Balaban J connectivity index is 3.08. The second-order valence-corrected chi connectivity index (χ2v) is 10.6. The first-order chi connectivity index (χ1) is 11.2. The van der Waals surface area contributed by atoms with E-state index in [1.54, 1.807) is 0 Å². The molecule has 0 fully saturated rings. The zero-order valence-electron chi connectivity index (χ0n) is 18.3. The molecule has 0 N–H and O–H groups in total. The summed E-state index contributed by atoms with van der Waals surface area (Å²) in [7, 11) is 0. The van der Waals surface area contributed by atoms with Crippen molar-refractivity contribution in [2.75, 3.05) is 0 Å². The highest BCUT2D eigenvalue weighted by molar-refractivity contribution is 4.62. The van der Waals surface area contributed by atoms with Gasteiger partial charge in [-0.15, -0.1) is 0 Å². The van der Waals surface area contributed by atoms with Crippen molar-refractivity contribution >= 4 is 0 Å². The van der Waals surface area contributed by atoms with Crippen LogP contribution < -0.4 is 0 Å². The van der Waals surface area contributed by atoms with E-state index in [-0.39, 0.29) is 0 Å². The molecule has 24 heavy (non-hydrogen) atoms. The van der Waals surface area contributed by atoms with Gasteiger partial charge in [-0.05, 0) is 23.7 Å². The monoisotopic (exact) mass is 338 g/mol. The first kappa shape index (κ1) is 24.0. The average Bonchev–Trinajstić information content (AvgIpc) is 2.44. The van der Waals surface area contributed by atoms with Crippen LogP contribution in [0, 0.1) is 10.8 Å². The van der Waals surface area contributed by atoms with Gasteiger partial charge in [0.05, 0.1) is 0 Å². The average molecular weight is 339 g/mol. The van der Waals surface area contributed by atoms with Crippen molar-refractivity contribution in [3.63, 3.8) is 0 Å². The van der Waals surface area contributed by atoms with E-state index in [2.05, 4.69) is 41.5 Å². The Morgan fingerprint density at radius 3 is 0.625 bits per heavy atom. The Morgan fingerprint density at radius 2 is 0.458 bits per heavy atom. The molecule has 0 amide bonds. The fourth-order valence-corrected chi connectivity index (χ4v) is 3.43. The maximum atomic E-state index is 2.36. The van der Waals surface area contributed by atoms with Gasteiger partial charge in [-0.25, -0.2) is 0 Å². The molecular weight excluding hydrogens is 288 g/mol. The van der Waals surface area contributed by atoms with Gasteiger partial charge < -0.3 is 0 Å². The Morgan fingerprint density at radius 1 is 0.292 bits per heavy atom. The number of hydrogen-bond donors (Lipinski definition) is 0. The normalized spacial score (nSPS) is 12.8. The fourth-order valence-electron chi connectivity index (χ4n) is 3.43. The van der Waals surface area contributed by atoms with Gasteiger partial charge >= 0.3 is 0 Å². The highest BCUT2D eigenvalue weighted by Crippen LogP contribution is 2.23. The zero-order valence-corrected chi connectivity index (χ0v) is 18.3. The van der Waals surface area contributed by atoms with Crippen LogP contribution in [0.1, 0.15) is 144 Å². The molecule has 0 heteroatoms. The molecule has 146 valence electrons. The van der Waals surface area contributed by atoms with Crippen molar-refractivity contribution in [3.8, 4) is 0 Å². The number of hydrogen-bond acceptors (Lipinski definition) is 0. The highest BCUT2D eigenvalue weighted by Gasteiger charge is 2.09. The van der Waals surface area contributed by atoms with E-state index in [1.165, 1.54) is 103 Å². The lowest BCUT2D eigenvalue weighted by molar-refractivity contribution is 0.355. The van der Waals surface area contributed by atoms with Gasteiger partial charge in [0.25, 0.3) is 0 Å². The molecule has 0 aliphatic carbocycles. The van der Waals surface area contributed by atoms with Gasteiger partial charge in [-0.2, -0.15) is 0 Å². The third-order valence-electron chi connectivity index (χ3n) is 5.10. The van der Waals surface area contributed by atoms with E-state index in [4.69, 9.17) is 0 Å². The van der Waals surface area contributed by atoms with E-state index < -0.39 is 0 Å². The second-order valence-electron chi connectivity index (χ2n) is 10.6. The quantitative estimate of drug-likeness (QED) is 0.261. The van der Waals surface area contributed by atoms with E-state index in [1.807, 2.05) is 0 Å². The Labute approximate surface area is 155 Å². The van der Waals surface area contributed by atoms with Gasteiger partial charge in [-0.3, -0.25) is 0 Å². The summed E-state index contributed by atoms with van der Waals surface area (Å²) >= 11 is 0. The molecule has 0 rings (SSSR count). The molecule has 0 aliphatic heterocycles. The van der Waals surface area contributed by atoms with Crippen LogP contribution in [0.3, 0.4) is 0 Å². The fraction of sp³-hybridized carbons (Fsp3) is 1.00. The predicted octanol–water partition coefficient (Wildman–Crippen LogP) is 9.32. The number of unbranched alkanes of at least 4 members (excludes halogenated alkanes) is 13. The first-order valence-corrected chi connectivity index (χ1v) is 11.2. The Kier molecular flexibility index (Phi) is 14.2. The molecule has 0 bridgehead atoms. The summed E-state index contributed by atoms with van der Waals surface area (Å²) in [5.41, 5.74) is 1.07. The highest BCUT2D eigenvalue weighted by atomic mass is 14.1. The van der Waals surface area contributed by atoms with Gasteiger partial charge in [0, 0.05) is 0 Å². The molecule has 0 atom stereocenters. The van der Waals surface area contributed by atoms with Crippen LogP contribution in [-0.4, -0.2) is 0 Å². The summed E-state index contributed by atoms with van der Waals surface area (Å²) in [6, 6.07) is 0. The summed E-state index contributed by atoms with van der Waals surface area (Å²) in [6.45, 7) is 14.2. The molecule has 0 spiro atoms. The molecule has 0 aliphatic rings. The summed E-state index contributed by atoms with van der Waals surface area (Å²) in [6.07, 6.45) is 23.3. The Hall–Kier alpha value is 0. The van der Waals surface area contributed by atoms with Crippen molar-refractivity contribution in [1.29, 1.82) is 0 Å². The largest absolute Gasteiger partial charge is 0.0602 e. The third kappa shape index (κ3) is 22.0. The molecule has 0 heterocycles. The SMILES string of the molecule is CC(C)(C)CCCCCCCCCCCCCCCCC(C)(C)C. The van der Waals surface area contributed by atoms with Crippen molar-refractivity contribution in [3.05, 3.63) is 0 Å². The standard InChI is InChI=1S/C24H50/c1-23(2,3)21-19-17-15-13-11-9-7-8-10-12-14-16-18-20-22-24(4,5)6/h7-22H2,1-6H3. The minimum Gasteiger partial charge on any atom is -0.0602 e. The van der Waals surface area contributed by atoms with Crippen molar-refractivity contribution < 1.29 is 0 Å².